The fourth-order valence-electron chi connectivity index (χ4n) is 16.3. The highest BCUT2D eigenvalue weighted by Gasteiger charge is 2.50. The van der Waals surface area contributed by atoms with Crippen molar-refractivity contribution in [2.45, 2.75) is 557 Å². The molecule has 1 saturated heterocycles. The van der Waals surface area contributed by atoms with E-state index < -0.39 is 48.2 Å². The van der Waals surface area contributed by atoms with Gasteiger partial charge < -0.3 is 62.6 Å². The van der Waals surface area contributed by atoms with Gasteiger partial charge in [-0.15, -0.1) is 0 Å². The Morgan fingerprint density at radius 1 is 0.416 bits per heavy atom. The SMILES string of the molecule is CC(C)/C=C/C(=O)O.CC(C)/C=C\C(=O)O.CC(C)C.CC(C)C(C)(C)CCC(=O)O.CC(C)C1C2C=CC(O2)C1C(=O)O.CC(C)CC(C)(CN)CC(C)C.CC(C)CC1(CN)CCCCC1.CC(C)CCC(=O)O.CC(C)CCCC(=O)O.CC(C)CN.CC(C)N(C)C.CCC(CC)(CCC(=O)O)C(C)C.CCCCC/C=C\C/C=C\CCCCCCCC(C)C.[2H]C([2H])(/C=C\CCCCC)/C=C\CCCCCCCC(C)C. The maximum absolute atomic E-state index is 11.0. The van der Waals surface area contributed by atoms with Gasteiger partial charge in [0, 0.05) is 52.5 Å². The van der Waals surface area contributed by atoms with Crippen molar-refractivity contribution in [2.24, 2.45) is 134 Å². The summed E-state index contributed by atoms with van der Waals surface area (Å²) in [5, 5.41) is 58.7. The molecule has 0 aromatic rings. The molecule has 2 fully saturated rings. The first-order valence-electron chi connectivity index (χ1n) is 60.6. The minimum atomic E-state index is -1.27. The van der Waals surface area contributed by atoms with Crippen LogP contribution in [0.5, 0.6) is 0 Å². The summed E-state index contributed by atoms with van der Waals surface area (Å²) < 4.78 is 21.4. The van der Waals surface area contributed by atoms with Crippen molar-refractivity contribution in [3.63, 3.8) is 0 Å². The maximum atomic E-state index is 11.0. The zero-order chi connectivity index (χ0) is 120. The molecule has 3 aliphatic rings. The van der Waals surface area contributed by atoms with Crippen molar-refractivity contribution < 1.29 is 76.8 Å². The van der Waals surface area contributed by atoms with Crippen LogP contribution in [0.15, 0.2) is 85.1 Å². The molecular formula is C130H258N4O15. The molecule has 2 bridgehead atoms. The summed E-state index contributed by atoms with van der Waals surface area (Å²) in [4.78, 5) is 73.4. The van der Waals surface area contributed by atoms with Crippen LogP contribution in [0.4, 0.5) is 0 Å². The van der Waals surface area contributed by atoms with Crippen molar-refractivity contribution in [2.75, 3.05) is 33.7 Å². The minimum Gasteiger partial charge on any atom is -0.481 e. The Morgan fingerprint density at radius 3 is 1.02 bits per heavy atom. The summed E-state index contributed by atoms with van der Waals surface area (Å²) in [6, 6.07) is 0.685. The number of carboxylic acid groups (broad SMARTS) is 7. The first kappa shape index (κ1) is 161. The topological polar surface area (TPSA) is 352 Å². The van der Waals surface area contributed by atoms with Crippen LogP contribution in [0.1, 0.15) is 542 Å². The average molecular weight is 2120 g/mol. The molecule has 19 heteroatoms. The van der Waals surface area contributed by atoms with Crippen molar-refractivity contribution in [1.82, 2.24) is 4.90 Å². The van der Waals surface area contributed by atoms with Gasteiger partial charge in [-0.05, 0) is 274 Å². The van der Waals surface area contributed by atoms with Gasteiger partial charge in [0.1, 0.15) is 0 Å². The zero-order valence-electron chi connectivity index (χ0n) is 107. The van der Waals surface area contributed by atoms with E-state index in [-0.39, 0.29) is 41.3 Å². The number of nitrogens with two attached hydrogens (primary N) is 3. The molecule has 19 nitrogen and oxygen atoms in total. The van der Waals surface area contributed by atoms with Crippen LogP contribution < -0.4 is 17.2 Å². The van der Waals surface area contributed by atoms with E-state index in [0.29, 0.717) is 83.5 Å². The normalized spacial score (nSPS) is 15.4. The lowest BCUT2D eigenvalue weighted by molar-refractivity contribution is -0.144. The van der Waals surface area contributed by atoms with Crippen LogP contribution >= 0.6 is 0 Å². The molecule has 13 N–H and O–H groups in total. The van der Waals surface area contributed by atoms with Crippen LogP contribution in [-0.2, 0) is 38.3 Å². The summed E-state index contributed by atoms with van der Waals surface area (Å²) in [5.74, 6) is 3.39. The number of hydrogen-bond donors (Lipinski definition) is 10. The van der Waals surface area contributed by atoms with Gasteiger partial charge in [-0.25, -0.2) is 9.59 Å². The molecule has 4 atom stereocenters. The lowest BCUT2D eigenvalue weighted by atomic mass is 9.69. The molecule has 3 rings (SSSR count). The van der Waals surface area contributed by atoms with Crippen molar-refractivity contribution in [1.29, 1.82) is 0 Å². The second-order valence-corrected chi connectivity index (χ2v) is 49.3. The molecule has 1 aliphatic carbocycles. The molecule has 149 heavy (non-hydrogen) atoms. The van der Waals surface area contributed by atoms with Crippen LogP contribution in [0.25, 0.3) is 0 Å². The molecular weight excluding hydrogens is 1860 g/mol. The summed E-state index contributed by atoms with van der Waals surface area (Å²) in [7, 11) is 4.15. The van der Waals surface area contributed by atoms with Crippen LogP contribution in [-0.4, -0.2) is 134 Å². The molecule has 0 amide bonds. The second-order valence-electron chi connectivity index (χ2n) is 49.3. The molecule has 4 unspecified atom stereocenters. The molecule has 2 aliphatic heterocycles. The number of hydrogen-bond acceptors (Lipinski definition) is 12. The van der Waals surface area contributed by atoms with Crippen LogP contribution in [0, 0.1) is 116 Å². The number of allylic oxidation sites excluding steroid dienone is 10. The van der Waals surface area contributed by atoms with E-state index in [1.165, 1.54) is 180 Å². The van der Waals surface area contributed by atoms with Gasteiger partial charge in [-0.2, -0.15) is 0 Å². The molecule has 888 valence electrons. The molecule has 0 aromatic heterocycles. The number of carbonyl (C=O) groups is 7. The van der Waals surface area contributed by atoms with Gasteiger partial charge in [0.2, 0.25) is 0 Å². The van der Waals surface area contributed by atoms with Crippen LogP contribution in [0.2, 0.25) is 0 Å². The Kier molecular flexibility index (Phi) is 119. The second kappa shape index (κ2) is 111. The predicted octanol–water partition coefficient (Wildman–Crippen LogP) is 37.2. The Morgan fingerprint density at radius 2 is 0.758 bits per heavy atom. The van der Waals surface area contributed by atoms with Gasteiger partial charge in [0.25, 0.3) is 0 Å². The van der Waals surface area contributed by atoms with Crippen LogP contribution in [0.3, 0.4) is 0 Å². The van der Waals surface area contributed by atoms with E-state index in [4.69, 9.17) is 60.4 Å². The number of unbranched alkanes of at least 4 members (excludes halogenated alkanes) is 16. The first-order valence-corrected chi connectivity index (χ1v) is 59.6. The standard InChI is InChI=1S/2C20H38.C11H23N.C11H25N.C11H22O2.C10H14O3.C9H18O2.C7H14O2.C6H12O2.2C6H10O2.C5H13N.C4H11N.C4H10/c2*1-4-5-6-7-8-9-10-11-12-13-14-15-16-17-18-19-20(2)3;1-10(2)8-11(9-12)6-4-3-5-7-11;1-9(2)6-11(5,8-12)7-10(3)4;1-5-11(6-2,9(3)4)8-7-10(12)13;1-5(2)8-6-3-4-7(13-6)9(8)10(11)12;1-7(2)9(3,4)6-5-8(10)11;1-6(2)4-3-5-7(8)9;3*1-5(2)3-4-6(7)8;1-5(2)6(3)4;1-4(2)3-5;1-4(2)3/h2*8-9,11-12,20H,4-7,10,13-19H2,1-3H3;10H,3-9,12H2,1-2H3;9-10H,6-8,12H2,1-5H3;9H,5-8H2,1-4H3,(H,12,13);3-9H,1-2H3,(H,11,12);7H,5-6H2,1-4H3,(H,10,11);6H,3-5H2,1-2H3,(H,8,9);5H,3-4H2,1-2H3,(H,7,8);2*3-5H,1-2H3,(H,7,8);5H,1-4H3;4H,3,5H2,1-2H3;4H,1-3H3/b2*9-8-,12-11-;;;;;;;;4-3+;4-3-;;;/i10D2;;;;;;;;;;;;;. The van der Waals surface area contributed by atoms with E-state index in [2.05, 4.69) is 265 Å². The Balaban J connectivity index is -0.000000158. The quantitative estimate of drug-likeness (QED) is 0.0154. The van der Waals surface area contributed by atoms with E-state index in [9.17, 15) is 33.6 Å². The number of carboxylic acids is 7. The van der Waals surface area contributed by atoms with Crippen molar-refractivity contribution >= 4 is 41.8 Å². The third-order valence-corrected chi connectivity index (χ3v) is 26.7. The lowest BCUT2D eigenvalue weighted by Crippen LogP contribution is -2.34. The molecule has 1 saturated carbocycles. The van der Waals surface area contributed by atoms with E-state index in [0.717, 1.165) is 132 Å². The fourth-order valence-corrected chi connectivity index (χ4v) is 16.3. The van der Waals surface area contributed by atoms with Gasteiger partial charge in [0.15, 0.2) is 0 Å². The largest absolute Gasteiger partial charge is 0.481 e. The third kappa shape index (κ3) is 133. The molecule has 2 heterocycles. The number of nitrogens with zero attached hydrogens (tertiary/aromatic N) is 1. The van der Waals surface area contributed by atoms with E-state index >= 15 is 0 Å². The van der Waals surface area contributed by atoms with Gasteiger partial charge >= 0.3 is 41.8 Å². The highest BCUT2D eigenvalue weighted by atomic mass is 16.5. The molecule has 0 radical (unpaired) electrons. The van der Waals surface area contributed by atoms with Crippen molar-refractivity contribution in [3.05, 3.63) is 85.1 Å². The van der Waals surface area contributed by atoms with Gasteiger partial charge in [0.05, 0.1) is 18.1 Å². The predicted molar refractivity (Wildman–Crippen MR) is 650 cm³/mol. The highest BCUT2D eigenvalue weighted by Crippen LogP contribution is 2.44. The van der Waals surface area contributed by atoms with Gasteiger partial charge in [-0.1, -0.05) is 451 Å². The third-order valence-electron chi connectivity index (χ3n) is 26.7. The monoisotopic (exact) mass is 2120 g/mol. The number of aliphatic carboxylic acids is 7. The van der Waals surface area contributed by atoms with E-state index in [1.54, 1.807) is 24.3 Å². The molecule has 0 aromatic carbocycles. The summed E-state index contributed by atoms with van der Waals surface area (Å²) in [5.41, 5.74) is 18.1. The summed E-state index contributed by atoms with van der Waals surface area (Å²) >= 11 is 0. The first-order chi connectivity index (χ1) is 69.9. The fraction of sp³-hybridized carbons (Fsp3) is 0.838. The zero-order valence-corrected chi connectivity index (χ0v) is 105. The number of fused-ring (bicyclic) bond motifs is 2. The van der Waals surface area contributed by atoms with Gasteiger partial charge in [-0.3, -0.25) is 24.0 Å². The maximum Gasteiger partial charge on any atom is 0.327 e. The minimum absolute atomic E-state index is 0.0334. The lowest BCUT2D eigenvalue weighted by Gasteiger charge is -2.37. The average Bonchev–Trinajstić information content (AvgIpc) is 1.62. The summed E-state index contributed by atoms with van der Waals surface area (Å²) in [6.45, 7) is 84.5. The highest BCUT2D eigenvalue weighted by molar-refractivity contribution is 5.80. The smallest absolute Gasteiger partial charge is 0.327 e. The Bertz CT molecular complexity index is 3250. The Labute approximate surface area is 927 Å². The van der Waals surface area contributed by atoms with Crippen molar-refractivity contribution in [3.8, 4) is 0 Å². The number of rotatable bonds is 61. The molecule has 0 spiro atoms. The Hall–Kier alpha value is -5.73. The summed E-state index contributed by atoms with van der Waals surface area (Å²) in [6.07, 6.45) is 72.9. The van der Waals surface area contributed by atoms with E-state index in [1.807, 2.05) is 65.8 Å². The number of ether oxygens (including phenoxy) is 1.